The predicted molar refractivity (Wildman–Crippen MR) is 83.0 cm³/mol. The molecule has 0 heterocycles. The molecule has 0 N–H and O–H groups in total. The Morgan fingerprint density at radius 1 is 0.714 bits per heavy atom. The topological polar surface area (TPSA) is 86.7 Å². The van der Waals surface area contributed by atoms with Gasteiger partial charge in [0.15, 0.2) is 0 Å². The van der Waals surface area contributed by atoms with Crippen LogP contribution in [0.25, 0.3) is 0 Å². The summed E-state index contributed by atoms with van der Waals surface area (Å²) in [5.74, 6) is -0.726. The molecule has 2 aliphatic carbocycles. The first-order valence-electron chi connectivity index (χ1n) is 8.02. The van der Waals surface area contributed by atoms with Gasteiger partial charge in [-0.15, -0.1) is 0 Å². The quantitative estimate of drug-likeness (QED) is 0.351. The molecule has 0 fully saturated rings. The largest absolute Gasteiger partial charge is 0.534 e. The first kappa shape index (κ1) is 22.8. The van der Waals surface area contributed by atoms with Crippen LogP contribution in [0.3, 0.4) is 0 Å². The molecule has 2 unspecified atom stereocenters. The van der Waals surface area contributed by atoms with Crippen molar-refractivity contribution in [3.05, 3.63) is 23.7 Å². The van der Waals surface area contributed by atoms with E-state index in [0.29, 0.717) is 12.8 Å². The molecule has 0 spiro atoms. The van der Waals surface area contributed by atoms with Gasteiger partial charge < -0.3 is 8.37 Å². The smallest absolute Gasteiger partial charge is 0.381 e. The average Bonchev–Trinajstić information content (AvgIpc) is 2.53. The molecule has 0 saturated carbocycles. The van der Waals surface area contributed by atoms with Crippen LogP contribution >= 0.6 is 0 Å². The lowest BCUT2D eigenvalue weighted by Crippen LogP contribution is -2.27. The van der Waals surface area contributed by atoms with E-state index in [-0.39, 0.29) is 49.0 Å². The van der Waals surface area contributed by atoms with Crippen LogP contribution in [-0.4, -0.2) is 27.9 Å². The first-order chi connectivity index (χ1) is 12.6. The number of halogens is 6. The summed E-state index contributed by atoms with van der Waals surface area (Å²) in [6.45, 7) is 0. The standard InChI is InChI=1S/C14H16F6O6S2/c15-13(16,17)27(21,22)25-11-5-1-9(2-6-11)10-3-7-12(8-4-10)26-28(23,24)14(18,19)20/h5,7,9-10H,1-4,6,8H2. The van der Waals surface area contributed by atoms with E-state index in [1.807, 2.05) is 0 Å². The molecule has 14 heteroatoms. The number of hydrogen-bond acceptors (Lipinski definition) is 6. The number of rotatable bonds is 5. The lowest BCUT2D eigenvalue weighted by molar-refractivity contribution is -0.0530. The van der Waals surface area contributed by atoms with E-state index < -0.39 is 31.3 Å². The van der Waals surface area contributed by atoms with Crippen molar-refractivity contribution in [2.75, 3.05) is 0 Å². The summed E-state index contributed by atoms with van der Waals surface area (Å²) in [4.78, 5) is 0. The van der Waals surface area contributed by atoms with Gasteiger partial charge >= 0.3 is 31.3 Å². The van der Waals surface area contributed by atoms with Crippen molar-refractivity contribution in [1.82, 2.24) is 0 Å². The lowest BCUT2D eigenvalue weighted by Gasteiger charge is -2.31. The maximum absolute atomic E-state index is 12.3. The molecule has 0 aromatic heterocycles. The van der Waals surface area contributed by atoms with Gasteiger partial charge in [0, 0.05) is 12.8 Å². The average molecular weight is 458 g/mol. The molecule has 0 saturated heterocycles. The zero-order valence-electron chi connectivity index (χ0n) is 14.1. The molecule has 0 amide bonds. The van der Waals surface area contributed by atoms with Crippen LogP contribution in [0, 0.1) is 11.8 Å². The maximum atomic E-state index is 12.3. The zero-order valence-corrected chi connectivity index (χ0v) is 15.7. The molecule has 0 aromatic rings. The molecule has 0 aromatic carbocycles. The van der Waals surface area contributed by atoms with Gasteiger partial charge in [-0.25, -0.2) is 0 Å². The van der Waals surface area contributed by atoms with E-state index in [9.17, 15) is 43.2 Å². The summed E-state index contributed by atoms with van der Waals surface area (Å²) in [7, 11) is -11.4. The van der Waals surface area contributed by atoms with Gasteiger partial charge in [0.2, 0.25) is 0 Å². The summed E-state index contributed by atoms with van der Waals surface area (Å²) < 4.78 is 126. The van der Waals surface area contributed by atoms with Crippen molar-refractivity contribution in [2.24, 2.45) is 11.8 Å². The number of hydrogen-bond donors (Lipinski definition) is 0. The monoisotopic (exact) mass is 458 g/mol. The highest BCUT2D eigenvalue weighted by Gasteiger charge is 2.50. The summed E-state index contributed by atoms with van der Waals surface area (Å²) in [5, 5.41) is 0. The van der Waals surface area contributed by atoms with Gasteiger partial charge in [-0.2, -0.15) is 43.2 Å². The van der Waals surface area contributed by atoms with E-state index in [2.05, 4.69) is 8.37 Å². The molecule has 0 radical (unpaired) electrons. The van der Waals surface area contributed by atoms with Crippen molar-refractivity contribution >= 4 is 20.2 Å². The van der Waals surface area contributed by atoms with E-state index in [1.54, 1.807) is 0 Å². The van der Waals surface area contributed by atoms with Gasteiger partial charge in [0.25, 0.3) is 0 Å². The van der Waals surface area contributed by atoms with Crippen LogP contribution in [-0.2, 0) is 28.6 Å². The van der Waals surface area contributed by atoms with Crippen LogP contribution < -0.4 is 0 Å². The fraction of sp³-hybridized carbons (Fsp3) is 0.714. The highest BCUT2D eigenvalue weighted by Crippen LogP contribution is 2.40. The molecule has 162 valence electrons. The second-order valence-corrected chi connectivity index (χ2v) is 9.45. The minimum atomic E-state index is -5.72. The van der Waals surface area contributed by atoms with Crippen LogP contribution in [0.5, 0.6) is 0 Å². The molecule has 2 atom stereocenters. The Hall–Kier alpha value is -1.44. The summed E-state index contributed by atoms with van der Waals surface area (Å²) in [6.07, 6.45) is 3.56. The van der Waals surface area contributed by atoms with Gasteiger partial charge in [0.05, 0.1) is 0 Å². The third-order valence-electron chi connectivity index (χ3n) is 4.49. The van der Waals surface area contributed by atoms with Crippen LogP contribution in [0.15, 0.2) is 23.7 Å². The van der Waals surface area contributed by atoms with Crippen molar-refractivity contribution in [3.8, 4) is 0 Å². The molecule has 6 nitrogen and oxygen atoms in total. The Balaban J connectivity index is 1.93. The van der Waals surface area contributed by atoms with Crippen LogP contribution in [0.1, 0.15) is 38.5 Å². The van der Waals surface area contributed by atoms with E-state index in [1.165, 1.54) is 12.2 Å². The van der Waals surface area contributed by atoms with Crippen LogP contribution in [0.4, 0.5) is 26.3 Å². The first-order valence-corrected chi connectivity index (χ1v) is 10.8. The molecular formula is C14H16F6O6S2. The Morgan fingerprint density at radius 3 is 1.25 bits per heavy atom. The van der Waals surface area contributed by atoms with E-state index >= 15 is 0 Å². The molecule has 0 bridgehead atoms. The van der Waals surface area contributed by atoms with E-state index in [0.717, 1.165) is 0 Å². The summed E-state index contributed by atoms with van der Waals surface area (Å²) in [6, 6.07) is 0. The fourth-order valence-electron chi connectivity index (χ4n) is 3.04. The zero-order chi connectivity index (χ0) is 21.4. The van der Waals surface area contributed by atoms with Crippen molar-refractivity contribution in [2.45, 2.75) is 49.5 Å². The minimum absolute atomic E-state index is 0.0357. The van der Waals surface area contributed by atoms with E-state index in [4.69, 9.17) is 0 Å². The Morgan fingerprint density at radius 2 is 1.04 bits per heavy atom. The Bertz CT molecular complexity index is 782. The minimum Gasteiger partial charge on any atom is -0.381 e. The summed E-state index contributed by atoms with van der Waals surface area (Å²) >= 11 is 0. The van der Waals surface area contributed by atoms with Gasteiger partial charge in [-0.3, -0.25) is 0 Å². The normalized spacial score (nSPS) is 24.9. The van der Waals surface area contributed by atoms with Crippen molar-refractivity contribution in [1.29, 1.82) is 0 Å². The molecule has 2 rings (SSSR count). The van der Waals surface area contributed by atoms with Crippen molar-refractivity contribution < 1.29 is 51.5 Å². The fourth-order valence-corrected chi connectivity index (χ4v) is 4.10. The highest BCUT2D eigenvalue weighted by molar-refractivity contribution is 7.88. The highest BCUT2D eigenvalue weighted by atomic mass is 32.2. The van der Waals surface area contributed by atoms with Crippen LogP contribution in [0.2, 0.25) is 0 Å². The molecule has 2 aliphatic rings. The SMILES string of the molecule is O=S(=O)(OC1=CCC(C2CC=C(OS(=O)(=O)C(F)(F)F)CC2)CC1)C(F)(F)F. The second-order valence-electron chi connectivity index (χ2n) is 6.38. The number of allylic oxidation sites excluding steroid dienone is 4. The number of alkyl halides is 6. The van der Waals surface area contributed by atoms with Crippen molar-refractivity contribution in [3.63, 3.8) is 0 Å². The maximum Gasteiger partial charge on any atom is 0.534 e. The molecular weight excluding hydrogens is 442 g/mol. The molecule has 28 heavy (non-hydrogen) atoms. The third-order valence-corrected chi connectivity index (χ3v) is 6.49. The predicted octanol–water partition coefficient (Wildman–Crippen LogP) is 4.09. The second kappa shape index (κ2) is 7.76. The Labute approximate surface area is 157 Å². The van der Waals surface area contributed by atoms with Gasteiger partial charge in [0.1, 0.15) is 11.5 Å². The molecule has 0 aliphatic heterocycles. The van der Waals surface area contributed by atoms with Gasteiger partial charge in [-0.05, 0) is 49.7 Å². The lowest BCUT2D eigenvalue weighted by atomic mass is 9.76. The summed E-state index contributed by atoms with van der Waals surface area (Å²) in [5.41, 5.74) is -11.0. The van der Waals surface area contributed by atoms with Gasteiger partial charge in [-0.1, -0.05) is 0 Å². The third kappa shape index (κ3) is 5.33. The Kier molecular flexibility index (Phi) is 6.34.